The predicted octanol–water partition coefficient (Wildman–Crippen LogP) is 3.63. The Hall–Kier alpha value is -0.340. The molecule has 1 nitrogen and oxygen atoms in total. The van der Waals surface area contributed by atoms with E-state index in [9.17, 15) is 0 Å². The van der Waals surface area contributed by atoms with Crippen LogP contribution in [-0.4, -0.2) is 13.1 Å². The molecule has 0 saturated carbocycles. The molecule has 1 heterocycles. The zero-order chi connectivity index (χ0) is 11.1. The summed E-state index contributed by atoms with van der Waals surface area (Å²) in [5.41, 5.74) is 0. The van der Waals surface area contributed by atoms with Gasteiger partial charge < -0.3 is 5.32 Å². The largest absolute Gasteiger partial charge is 0.317 e. The maximum Gasteiger partial charge on any atom is 0.00674 e. The van der Waals surface area contributed by atoms with Crippen LogP contribution in [0.15, 0.2) is 12.1 Å². The number of rotatable bonds is 7. The van der Waals surface area contributed by atoms with Crippen LogP contribution in [0.1, 0.15) is 42.9 Å². The van der Waals surface area contributed by atoms with E-state index in [1.807, 2.05) is 11.3 Å². The van der Waals surface area contributed by atoms with E-state index in [1.54, 1.807) is 4.88 Å². The van der Waals surface area contributed by atoms with Crippen LogP contribution in [0.3, 0.4) is 0 Å². The summed E-state index contributed by atoms with van der Waals surface area (Å²) in [7, 11) is 2.08. The van der Waals surface area contributed by atoms with Crippen molar-refractivity contribution in [2.45, 2.75) is 52.0 Å². The second kappa shape index (κ2) is 7.02. The van der Waals surface area contributed by atoms with Crippen molar-refractivity contribution in [2.24, 2.45) is 0 Å². The van der Waals surface area contributed by atoms with Gasteiger partial charge in [-0.1, -0.05) is 20.3 Å². The first-order valence-electron chi connectivity index (χ1n) is 6.05. The molecule has 0 spiro atoms. The number of thiophene rings is 1. The van der Waals surface area contributed by atoms with E-state index in [0.717, 1.165) is 0 Å². The van der Waals surface area contributed by atoms with Gasteiger partial charge in [-0.15, -0.1) is 11.3 Å². The monoisotopic (exact) mass is 225 g/mol. The molecule has 0 saturated heterocycles. The Bertz CT molecular complexity index is 267. The molecule has 0 radical (unpaired) electrons. The van der Waals surface area contributed by atoms with E-state index in [0.29, 0.717) is 6.04 Å². The van der Waals surface area contributed by atoms with Crippen molar-refractivity contribution in [3.63, 3.8) is 0 Å². The van der Waals surface area contributed by atoms with Gasteiger partial charge in [0.15, 0.2) is 0 Å². The smallest absolute Gasteiger partial charge is 0.00674 e. The van der Waals surface area contributed by atoms with E-state index in [4.69, 9.17) is 0 Å². The minimum atomic E-state index is 0.696. The van der Waals surface area contributed by atoms with Gasteiger partial charge in [0.2, 0.25) is 0 Å². The second-order valence-electron chi connectivity index (χ2n) is 4.03. The Morgan fingerprint density at radius 2 is 1.93 bits per heavy atom. The van der Waals surface area contributed by atoms with E-state index in [1.165, 1.54) is 37.0 Å². The SMILES string of the molecule is CCCC(CCc1ccc(CC)s1)NC. The molecule has 0 aliphatic carbocycles. The van der Waals surface area contributed by atoms with Crippen molar-refractivity contribution in [1.29, 1.82) is 0 Å². The minimum Gasteiger partial charge on any atom is -0.317 e. The second-order valence-corrected chi connectivity index (χ2v) is 5.29. The number of hydrogen-bond donors (Lipinski definition) is 1. The fraction of sp³-hybridized carbons (Fsp3) is 0.692. The molecule has 0 aliphatic rings. The zero-order valence-corrected chi connectivity index (χ0v) is 11.0. The highest BCUT2D eigenvalue weighted by atomic mass is 32.1. The van der Waals surface area contributed by atoms with Crippen molar-refractivity contribution in [2.75, 3.05) is 7.05 Å². The Kier molecular flexibility index (Phi) is 5.96. The van der Waals surface area contributed by atoms with Crippen LogP contribution < -0.4 is 5.32 Å². The first-order chi connectivity index (χ1) is 7.30. The molecule has 0 amide bonds. The molecule has 1 atom stereocenters. The lowest BCUT2D eigenvalue weighted by Gasteiger charge is -2.13. The maximum absolute atomic E-state index is 3.40. The third-order valence-corrected chi connectivity index (χ3v) is 4.14. The quantitative estimate of drug-likeness (QED) is 0.747. The molecule has 15 heavy (non-hydrogen) atoms. The molecule has 1 aromatic rings. The van der Waals surface area contributed by atoms with Crippen molar-refractivity contribution < 1.29 is 0 Å². The van der Waals surface area contributed by atoms with Crippen LogP contribution in [0.25, 0.3) is 0 Å². The zero-order valence-electron chi connectivity index (χ0n) is 10.2. The lowest BCUT2D eigenvalue weighted by Crippen LogP contribution is -2.25. The summed E-state index contributed by atoms with van der Waals surface area (Å²) in [6, 6.07) is 5.26. The summed E-state index contributed by atoms with van der Waals surface area (Å²) >= 11 is 1.98. The van der Waals surface area contributed by atoms with Crippen LogP contribution in [0.5, 0.6) is 0 Å². The van der Waals surface area contributed by atoms with Gasteiger partial charge in [-0.2, -0.15) is 0 Å². The van der Waals surface area contributed by atoms with Gasteiger partial charge in [-0.05, 0) is 44.9 Å². The maximum atomic E-state index is 3.40. The fourth-order valence-electron chi connectivity index (χ4n) is 1.84. The van der Waals surface area contributed by atoms with Crippen LogP contribution >= 0.6 is 11.3 Å². The Morgan fingerprint density at radius 3 is 2.47 bits per heavy atom. The van der Waals surface area contributed by atoms with Crippen LogP contribution in [0.2, 0.25) is 0 Å². The molecule has 0 aliphatic heterocycles. The van der Waals surface area contributed by atoms with Gasteiger partial charge >= 0.3 is 0 Å². The third-order valence-electron chi connectivity index (χ3n) is 2.85. The summed E-state index contributed by atoms with van der Waals surface area (Å²) in [4.78, 5) is 3.06. The van der Waals surface area contributed by atoms with E-state index in [-0.39, 0.29) is 0 Å². The van der Waals surface area contributed by atoms with Crippen molar-refractivity contribution in [3.05, 3.63) is 21.9 Å². The summed E-state index contributed by atoms with van der Waals surface area (Å²) < 4.78 is 0. The molecule has 1 unspecified atom stereocenters. The van der Waals surface area contributed by atoms with Gasteiger partial charge in [-0.3, -0.25) is 0 Å². The predicted molar refractivity (Wildman–Crippen MR) is 69.8 cm³/mol. The van der Waals surface area contributed by atoms with Gasteiger partial charge in [-0.25, -0.2) is 0 Å². The first-order valence-corrected chi connectivity index (χ1v) is 6.86. The van der Waals surface area contributed by atoms with Gasteiger partial charge in [0, 0.05) is 15.8 Å². The molecule has 1 N–H and O–H groups in total. The topological polar surface area (TPSA) is 12.0 Å². The molecule has 0 fully saturated rings. The van der Waals surface area contributed by atoms with Crippen molar-refractivity contribution >= 4 is 11.3 Å². The number of nitrogens with one attached hydrogen (secondary N) is 1. The van der Waals surface area contributed by atoms with Crippen LogP contribution in [0, 0.1) is 0 Å². The third kappa shape index (κ3) is 4.35. The highest BCUT2D eigenvalue weighted by Crippen LogP contribution is 2.19. The average molecular weight is 225 g/mol. The highest BCUT2D eigenvalue weighted by molar-refractivity contribution is 7.11. The fourth-order valence-corrected chi connectivity index (χ4v) is 2.82. The van der Waals surface area contributed by atoms with E-state index >= 15 is 0 Å². The lowest BCUT2D eigenvalue weighted by atomic mass is 10.1. The molecule has 86 valence electrons. The normalized spacial score (nSPS) is 13.0. The van der Waals surface area contributed by atoms with Gasteiger partial charge in [0.1, 0.15) is 0 Å². The molecule has 1 aromatic heterocycles. The minimum absolute atomic E-state index is 0.696. The molecule has 1 rings (SSSR count). The van der Waals surface area contributed by atoms with Crippen LogP contribution in [-0.2, 0) is 12.8 Å². The van der Waals surface area contributed by atoms with Crippen molar-refractivity contribution in [3.8, 4) is 0 Å². The van der Waals surface area contributed by atoms with Crippen LogP contribution in [0.4, 0.5) is 0 Å². The molecular formula is C13H23NS. The summed E-state index contributed by atoms with van der Waals surface area (Å²) in [6.07, 6.45) is 6.25. The van der Waals surface area contributed by atoms with E-state index in [2.05, 4.69) is 38.3 Å². The van der Waals surface area contributed by atoms with Crippen molar-refractivity contribution in [1.82, 2.24) is 5.32 Å². The summed E-state index contributed by atoms with van der Waals surface area (Å²) in [6.45, 7) is 4.48. The lowest BCUT2D eigenvalue weighted by molar-refractivity contribution is 0.485. The average Bonchev–Trinajstić information content (AvgIpc) is 2.72. The summed E-state index contributed by atoms with van der Waals surface area (Å²) in [5, 5.41) is 3.40. The number of aryl methyl sites for hydroxylation is 2. The number of hydrogen-bond acceptors (Lipinski definition) is 2. The standard InChI is InChI=1S/C13H23NS/c1-4-6-11(14-3)7-8-13-10-9-12(5-2)15-13/h9-11,14H,4-8H2,1-3H3. The summed E-state index contributed by atoms with van der Waals surface area (Å²) in [5.74, 6) is 0. The molecule has 2 heteroatoms. The molecular weight excluding hydrogens is 202 g/mol. The Labute approximate surface area is 97.9 Å². The highest BCUT2D eigenvalue weighted by Gasteiger charge is 2.06. The van der Waals surface area contributed by atoms with Gasteiger partial charge in [0.05, 0.1) is 0 Å². The molecule has 0 aromatic carbocycles. The van der Waals surface area contributed by atoms with E-state index < -0.39 is 0 Å². The molecule has 0 bridgehead atoms. The Morgan fingerprint density at radius 1 is 1.20 bits per heavy atom. The van der Waals surface area contributed by atoms with Gasteiger partial charge in [0.25, 0.3) is 0 Å². The first kappa shape index (κ1) is 12.7. The Balaban J connectivity index is 2.34.